The Kier molecular flexibility index (Phi) is 4.31. The molecule has 0 amide bonds. The highest BCUT2D eigenvalue weighted by atomic mass is 16.4. The molecule has 0 aliphatic heterocycles. The van der Waals surface area contributed by atoms with E-state index >= 15 is 0 Å². The van der Waals surface area contributed by atoms with Crippen LogP contribution in [0, 0.1) is 0 Å². The van der Waals surface area contributed by atoms with Crippen LogP contribution in [0.5, 0.6) is 0 Å². The average Bonchev–Trinajstić information content (AvgIpc) is 2.47. The standard InChI is InChI=1S/C17H17NO2/c1-3-4-13-9-16(11-18-10-13)15-7-5-14(6-8-15)12(2)17(19)20/h3-12H,1-2H3,(H,19,20)/b4-3+. The highest BCUT2D eigenvalue weighted by molar-refractivity contribution is 5.76. The molecule has 2 rings (SSSR count). The lowest BCUT2D eigenvalue weighted by Gasteiger charge is -2.08. The van der Waals surface area contributed by atoms with Crippen LogP contribution in [0.1, 0.15) is 30.9 Å². The second kappa shape index (κ2) is 6.15. The van der Waals surface area contributed by atoms with Crippen molar-refractivity contribution in [3.05, 3.63) is 59.9 Å². The molecule has 1 aromatic carbocycles. The summed E-state index contributed by atoms with van der Waals surface area (Å²) < 4.78 is 0. The number of rotatable bonds is 4. The molecule has 0 spiro atoms. The van der Waals surface area contributed by atoms with Gasteiger partial charge in [0.1, 0.15) is 0 Å². The van der Waals surface area contributed by atoms with Gasteiger partial charge in [-0.2, -0.15) is 0 Å². The Morgan fingerprint density at radius 2 is 1.90 bits per heavy atom. The van der Waals surface area contributed by atoms with Crippen LogP contribution < -0.4 is 0 Å². The molecular weight excluding hydrogens is 250 g/mol. The van der Waals surface area contributed by atoms with Crippen LogP contribution in [0.3, 0.4) is 0 Å². The minimum atomic E-state index is -0.811. The normalized spacial score (nSPS) is 12.5. The third kappa shape index (κ3) is 3.12. The number of aliphatic carboxylic acids is 1. The molecular formula is C17H17NO2. The van der Waals surface area contributed by atoms with Gasteiger partial charge >= 0.3 is 5.97 Å². The molecule has 3 heteroatoms. The minimum Gasteiger partial charge on any atom is -0.481 e. The average molecular weight is 267 g/mol. The summed E-state index contributed by atoms with van der Waals surface area (Å²) in [5, 5.41) is 9.00. The second-order valence-corrected chi connectivity index (χ2v) is 4.69. The van der Waals surface area contributed by atoms with Crippen molar-refractivity contribution < 1.29 is 9.90 Å². The summed E-state index contributed by atoms with van der Waals surface area (Å²) in [6, 6.07) is 9.64. The zero-order valence-electron chi connectivity index (χ0n) is 11.6. The van der Waals surface area contributed by atoms with Crippen molar-refractivity contribution in [1.29, 1.82) is 0 Å². The van der Waals surface area contributed by atoms with Gasteiger partial charge in [0.15, 0.2) is 0 Å². The van der Waals surface area contributed by atoms with Crippen molar-refractivity contribution in [3.8, 4) is 11.1 Å². The number of aromatic nitrogens is 1. The van der Waals surface area contributed by atoms with E-state index < -0.39 is 11.9 Å². The Morgan fingerprint density at radius 1 is 1.20 bits per heavy atom. The van der Waals surface area contributed by atoms with Gasteiger partial charge in [0.05, 0.1) is 5.92 Å². The number of nitrogens with zero attached hydrogens (tertiary/aromatic N) is 1. The number of hydrogen-bond acceptors (Lipinski definition) is 2. The predicted molar refractivity (Wildman–Crippen MR) is 80.4 cm³/mol. The van der Waals surface area contributed by atoms with Gasteiger partial charge in [-0.15, -0.1) is 0 Å². The van der Waals surface area contributed by atoms with Crippen LogP contribution in [-0.4, -0.2) is 16.1 Å². The summed E-state index contributed by atoms with van der Waals surface area (Å²) in [5.41, 5.74) is 3.91. The Balaban J connectivity index is 2.30. The summed E-state index contributed by atoms with van der Waals surface area (Å²) in [4.78, 5) is 15.2. The van der Waals surface area contributed by atoms with Gasteiger partial charge in [0, 0.05) is 18.0 Å². The molecule has 1 heterocycles. The quantitative estimate of drug-likeness (QED) is 0.911. The molecule has 0 fully saturated rings. The number of pyridine rings is 1. The summed E-state index contributed by atoms with van der Waals surface area (Å²) >= 11 is 0. The highest BCUT2D eigenvalue weighted by Crippen LogP contribution is 2.23. The lowest BCUT2D eigenvalue weighted by molar-refractivity contribution is -0.138. The Labute approximate surface area is 118 Å². The van der Waals surface area contributed by atoms with E-state index in [4.69, 9.17) is 5.11 Å². The molecule has 0 saturated carbocycles. The van der Waals surface area contributed by atoms with E-state index in [0.29, 0.717) is 0 Å². The van der Waals surface area contributed by atoms with Crippen LogP contribution in [-0.2, 0) is 4.79 Å². The first-order chi connectivity index (χ1) is 9.61. The van der Waals surface area contributed by atoms with Crippen LogP contribution in [0.25, 0.3) is 17.2 Å². The minimum absolute atomic E-state index is 0.489. The molecule has 1 unspecified atom stereocenters. The van der Waals surface area contributed by atoms with Gasteiger partial charge in [0.2, 0.25) is 0 Å². The van der Waals surface area contributed by atoms with Gasteiger partial charge in [-0.1, -0.05) is 36.4 Å². The van der Waals surface area contributed by atoms with Crippen LogP contribution >= 0.6 is 0 Å². The van der Waals surface area contributed by atoms with Gasteiger partial charge in [-0.3, -0.25) is 9.78 Å². The zero-order valence-corrected chi connectivity index (χ0v) is 11.6. The van der Waals surface area contributed by atoms with Crippen molar-refractivity contribution in [3.63, 3.8) is 0 Å². The van der Waals surface area contributed by atoms with E-state index in [1.165, 1.54) is 0 Å². The smallest absolute Gasteiger partial charge is 0.310 e. The SMILES string of the molecule is C/C=C/c1cncc(-c2ccc(C(C)C(=O)O)cc2)c1. The van der Waals surface area contributed by atoms with E-state index in [-0.39, 0.29) is 0 Å². The number of carboxylic acid groups (broad SMARTS) is 1. The molecule has 0 bridgehead atoms. The van der Waals surface area contributed by atoms with E-state index in [1.54, 1.807) is 6.92 Å². The molecule has 2 aromatic rings. The Hall–Kier alpha value is -2.42. The van der Waals surface area contributed by atoms with Crippen LogP contribution in [0.2, 0.25) is 0 Å². The predicted octanol–water partition coefficient (Wildman–Crippen LogP) is 3.97. The molecule has 1 N–H and O–H groups in total. The third-order valence-corrected chi connectivity index (χ3v) is 3.23. The summed E-state index contributed by atoms with van der Waals surface area (Å²) in [6.07, 6.45) is 7.59. The van der Waals surface area contributed by atoms with Gasteiger partial charge in [0.25, 0.3) is 0 Å². The fourth-order valence-electron chi connectivity index (χ4n) is 2.01. The summed E-state index contributed by atoms with van der Waals surface area (Å²) in [7, 11) is 0. The first-order valence-corrected chi connectivity index (χ1v) is 6.52. The van der Waals surface area contributed by atoms with Crippen molar-refractivity contribution in [2.75, 3.05) is 0 Å². The van der Waals surface area contributed by atoms with Gasteiger partial charge < -0.3 is 5.11 Å². The van der Waals surface area contributed by atoms with Crippen LogP contribution in [0.4, 0.5) is 0 Å². The maximum absolute atomic E-state index is 11.0. The molecule has 0 radical (unpaired) electrons. The Bertz CT molecular complexity index is 630. The van der Waals surface area contributed by atoms with Gasteiger partial charge in [-0.05, 0) is 36.6 Å². The first-order valence-electron chi connectivity index (χ1n) is 6.52. The van der Waals surface area contributed by atoms with Crippen molar-refractivity contribution in [1.82, 2.24) is 4.98 Å². The number of carboxylic acids is 1. The molecule has 102 valence electrons. The number of hydrogen-bond donors (Lipinski definition) is 1. The first kappa shape index (κ1) is 14.0. The fraction of sp³-hybridized carbons (Fsp3) is 0.176. The molecule has 0 saturated heterocycles. The summed E-state index contributed by atoms with van der Waals surface area (Å²) in [5.74, 6) is -1.30. The Morgan fingerprint density at radius 3 is 2.50 bits per heavy atom. The number of allylic oxidation sites excluding steroid dienone is 1. The largest absolute Gasteiger partial charge is 0.481 e. The maximum Gasteiger partial charge on any atom is 0.310 e. The third-order valence-electron chi connectivity index (χ3n) is 3.23. The second-order valence-electron chi connectivity index (χ2n) is 4.69. The molecule has 1 aromatic heterocycles. The van der Waals surface area contributed by atoms with E-state index in [9.17, 15) is 4.79 Å². The number of carbonyl (C=O) groups is 1. The molecule has 0 aliphatic carbocycles. The van der Waals surface area contributed by atoms with Gasteiger partial charge in [-0.25, -0.2) is 0 Å². The van der Waals surface area contributed by atoms with Crippen LogP contribution in [0.15, 0.2) is 48.8 Å². The molecule has 3 nitrogen and oxygen atoms in total. The molecule has 20 heavy (non-hydrogen) atoms. The lowest BCUT2D eigenvalue weighted by atomic mass is 9.98. The number of benzene rings is 1. The maximum atomic E-state index is 11.0. The van der Waals surface area contributed by atoms with Crippen molar-refractivity contribution in [2.24, 2.45) is 0 Å². The van der Waals surface area contributed by atoms with E-state index in [2.05, 4.69) is 11.1 Å². The summed E-state index contributed by atoms with van der Waals surface area (Å²) in [6.45, 7) is 3.65. The van der Waals surface area contributed by atoms with E-state index in [1.807, 2.05) is 55.7 Å². The lowest BCUT2D eigenvalue weighted by Crippen LogP contribution is -2.06. The monoisotopic (exact) mass is 267 g/mol. The highest BCUT2D eigenvalue weighted by Gasteiger charge is 2.13. The molecule has 1 atom stereocenters. The van der Waals surface area contributed by atoms with Crippen molar-refractivity contribution >= 4 is 12.0 Å². The topological polar surface area (TPSA) is 50.2 Å². The fourth-order valence-corrected chi connectivity index (χ4v) is 2.01. The van der Waals surface area contributed by atoms with Crippen molar-refractivity contribution in [2.45, 2.75) is 19.8 Å². The van der Waals surface area contributed by atoms with E-state index in [0.717, 1.165) is 22.3 Å². The zero-order chi connectivity index (χ0) is 14.5. The molecule has 0 aliphatic rings.